The molecule has 1 N–H and O–H groups in total. The Morgan fingerprint density at radius 1 is 1.42 bits per heavy atom. The summed E-state index contributed by atoms with van der Waals surface area (Å²) in [5.41, 5.74) is 0. The number of likely N-dealkylation sites (N-methyl/N-ethyl adjacent to an activating group) is 1. The summed E-state index contributed by atoms with van der Waals surface area (Å²) >= 11 is 0. The highest BCUT2D eigenvalue weighted by Crippen LogP contribution is 2.06. The number of carbonyl (C=O) groups is 1. The zero-order chi connectivity index (χ0) is 9.56. The second kappa shape index (κ2) is 6.18. The van der Waals surface area contributed by atoms with E-state index in [0.29, 0.717) is 5.78 Å². The molecule has 2 nitrogen and oxygen atoms in total. The van der Waals surface area contributed by atoms with Crippen LogP contribution in [0.3, 0.4) is 0 Å². The molecule has 0 aliphatic heterocycles. The summed E-state index contributed by atoms with van der Waals surface area (Å²) in [5, 5.41) is 3.07. The minimum Gasteiger partial charge on any atom is -0.311 e. The second-order valence-corrected chi connectivity index (χ2v) is 3.54. The van der Waals surface area contributed by atoms with Crippen molar-refractivity contribution in [1.82, 2.24) is 5.32 Å². The van der Waals surface area contributed by atoms with Crippen LogP contribution in [-0.2, 0) is 4.79 Å². The third-order valence-corrected chi connectivity index (χ3v) is 2.11. The molecule has 0 saturated carbocycles. The van der Waals surface area contributed by atoms with Crippen molar-refractivity contribution in [2.24, 2.45) is 5.92 Å². The van der Waals surface area contributed by atoms with Crippen molar-refractivity contribution >= 4 is 5.78 Å². The standard InChI is InChI=1S/C10H21NO/c1-5-6-7-9(11-4)10(12)8(2)3/h8-9,11H,5-7H2,1-4H3/t9-/m0/s1. The molecule has 0 saturated heterocycles. The Bertz CT molecular complexity index is 132. The molecule has 0 aromatic carbocycles. The highest BCUT2D eigenvalue weighted by Gasteiger charge is 2.17. The van der Waals surface area contributed by atoms with E-state index >= 15 is 0 Å². The molecule has 0 fully saturated rings. The molecular weight excluding hydrogens is 150 g/mol. The van der Waals surface area contributed by atoms with Crippen LogP contribution in [0, 0.1) is 5.92 Å². The number of unbranched alkanes of at least 4 members (excludes halogenated alkanes) is 1. The van der Waals surface area contributed by atoms with Gasteiger partial charge in [-0.25, -0.2) is 0 Å². The Balaban J connectivity index is 3.88. The zero-order valence-corrected chi connectivity index (χ0v) is 8.68. The minimum absolute atomic E-state index is 0.0740. The van der Waals surface area contributed by atoms with Crippen molar-refractivity contribution in [2.45, 2.75) is 46.1 Å². The van der Waals surface area contributed by atoms with Gasteiger partial charge >= 0.3 is 0 Å². The van der Waals surface area contributed by atoms with Crippen LogP contribution in [0.1, 0.15) is 40.0 Å². The molecule has 0 spiro atoms. The predicted octanol–water partition coefficient (Wildman–Crippen LogP) is 1.99. The van der Waals surface area contributed by atoms with Gasteiger partial charge in [-0.1, -0.05) is 33.6 Å². The lowest BCUT2D eigenvalue weighted by molar-refractivity contribution is -0.124. The molecule has 72 valence electrons. The summed E-state index contributed by atoms with van der Waals surface area (Å²) in [6.45, 7) is 6.06. The van der Waals surface area contributed by atoms with Crippen LogP contribution < -0.4 is 5.32 Å². The molecule has 0 heterocycles. The van der Waals surface area contributed by atoms with Gasteiger partial charge in [0.2, 0.25) is 0 Å². The summed E-state index contributed by atoms with van der Waals surface area (Å²) in [7, 11) is 1.86. The first kappa shape index (κ1) is 11.6. The summed E-state index contributed by atoms with van der Waals surface area (Å²) in [4.78, 5) is 11.5. The molecule has 0 unspecified atom stereocenters. The van der Waals surface area contributed by atoms with Gasteiger partial charge in [0.05, 0.1) is 6.04 Å². The van der Waals surface area contributed by atoms with Crippen molar-refractivity contribution in [1.29, 1.82) is 0 Å². The van der Waals surface area contributed by atoms with Crippen LogP contribution >= 0.6 is 0 Å². The van der Waals surface area contributed by atoms with Crippen LogP contribution in [0.2, 0.25) is 0 Å². The molecule has 12 heavy (non-hydrogen) atoms. The Labute approximate surface area is 75.7 Å². The van der Waals surface area contributed by atoms with Crippen LogP contribution in [-0.4, -0.2) is 18.9 Å². The van der Waals surface area contributed by atoms with E-state index < -0.39 is 0 Å². The molecular formula is C10H21NO. The normalized spacial score (nSPS) is 13.4. The van der Waals surface area contributed by atoms with Crippen LogP contribution in [0.15, 0.2) is 0 Å². The van der Waals surface area contributed by atoms with E-state index in [2.05, 4.69) is 12.2 Å². The molecule has 0 rings (SSSR count). The third-order valence-electron chi connectivity index (χ3n) is 2.11. The van der Waals surface area contributed by atoms with E-state index in [1.165, 1.54) is 0 Å². The smallest absolute Gasteiger partial charge is 0.152 e. The van der Waals surface area contributed by atoms with E-state index in [9.17, 15) is 4.79 Å². The zero-order valence-electron chi connectivity index (χ0n) is 8.68. The lowest BCUT2D eigenvalue weighted by Gasteiger charge is -2.16. The van der Waals surface area contributed by atoms with Gasteiger partial charge in [-0.2, -0.15) is 0 Å². The maximum atomic E-state index is 11.5. The summed E-state index contributed by atoms with van der Waals surface area (Å²) in [6, 6.07) is 0.0740. The highest BCUT2D eigenvalue weighted by molar-refractivity contribution is 5.85. The van der Waals surface area contributed by atoms with Gasteiger partial charge in [0.1, 0.15) is 0 Å². The predicted molar refractivity (Wildman–Crippen MR) is 52.2 cm³/mol. The number of rotatable bonds is 6. The first-order chi connectivity index (χ1) is 5.63. The number of ketones is 1. The first-order valence-corrected chi connectivity index (χ1v) is 4.84. The maximum absolute atomic E-state index is 11.5. The van der Waals surface area contributed by atoms with Gasteiger partial charge in [0.15, 0.2) is 5.78 Å². The fraction of sp³-hybridized carbons (Fsp3) is 0.900. The monoisotopic (exact) mass is 171 g/mol. The van der Waals surface area contributed by atoms with E-state index in [1.54, 1.807) is 0 Å². The summed E-state index contributed by atoms with van der Waals surface area (Å²) < 4.78 is 0. The summed E-state index contributed by atoms with van der Waals surface area (Å²) in [5.74, 6) is 0.491. The van der Waals surface area contributed by atoms with Crippen molar-refractivity contribution in [3.05, 3.63) is 0 Å². The van der Waals surface area contributed by atoms with Gasteiger partial charge in [-0.15, -0.1) is 0 Å². The van der Waals surface area contributed by atoms with Crippen LogP contribution in [0.25, 0.3) is 0 Å². The fourth-order valence-electron chi connectivity index (χ4n) is 1.24. The fourth-order valence-corrected chi connectivity index (χ4v) is 1.24. The Morgan fingerprint density at radius 3 is 2.33 bits per heavy atom. The van der Waals surface area contributed by atoms with Crippen LogP contribution in [0.4, 0.5) is 0 Å². The van der Waals surface area contributed by atoms with Gasteiger partial charge in [-0.3, -0.25) is 4.79 Å². The number of hydrogen-bond donors (Lipinski definition) is 1. The van der Waals surface area contributed by atoms with E-state index in [0.717, 1.165) is 19.3 Å². The van der Waals surface area contributed by atoms with Gasteiger partial charge in [0.25, 0.3) is 0 Å². The van der Waals surface area contributed by atoms with Gasteiger partial charge < -0.3 is 5.32 Å². The summed E-state index contributed by atoms with van der Waals surface area (Å²) in [6.07, 6.45) is 3.26. The van der Waals surface area contributed by atoms with E-state index in [4.69, 9.17) is 0 Å². The third kappa shape index (κ3) is 3.86. The lowest BCUT2D eigenvalue weighted by Crippen LogP contribution is -2.36. The van der Waals surface area contributed by atoms with Crippen molar-refractivity contribution in [3.8, 4) is 0 Å². The Hall–Kier alpha value is -0.370. The van der Waals surface area contributed by atoms with Crippen molar-refractivity contribution in [2.75, 3.05) is 7.05 Å². The Kier molecular flexibility index (Phi) is 5.99. The van der Waals surface area contributed by atoms with Gasteiger partial charge in [-0.05, 0) is 13.5 Å². The largest absolute Gasteiger partial charge is 0.311 e. The molecule has 1 atom stereocenters. The quantitative estimate of drug-likeness (QED) is 0.662. The second-order valence-electron chi connectivity index (χ2n) is 3.54. The Morgan fingerprint density at radius 2 is 2.00 bits per heavy atom. The van der Waals surface area contributed by atoms with Gasteiger partial charge in [0, 0.05) is 5.92 Å². The number of Topliss-reactive ketones (excluding diaryl/α,β-unsaturated/α-hetero) is 1. The molecule has 0 aliphatic rings. The maximum Gasteiger partial charge on any atom is 0.152 e. The molecule has 2 heteroatoms. The lowest BCUT2D eigenvalue weighted by atomic mass is 9.98. The molecule has 0 amide bonds. The number of nitrogens with one attached hydrogen (secondary N) is 1. The highest BCUT2D eigenvalue weighted by atomic mass is 16.1. The van der Waals surface area contributed by atoms with E-state index in [1.807, 2.05) is 20.9 Å². The average Bonchev–Trinajstić information content (AvgIpc) is 2.05. The molecule has 0 radical (unpaired) electrons. The molecule has 0 aliphatic carbocycles. The van der Waals surface area contributed by atoms with Crippen molar-refractivity contribution in [3.63, 3.8) is 0 Å². The van der Waals surface area contributed by atoms with E-state index in [-0.39, 0.29) is 12.0 Å². The molecule has 0 aromatic heterocycles. The van der Waals surface area contributed by atoms with Crippen LogP contribution in [0.5, 0.6) is 0 Å². The first-order valence-electron chi connectivity index (χ1n) is 4.84. The SMILES string of the molecule is CCCC[C@H](NC)C(=O)C(C)C. The minimum atomic E-state index is 0.0740. The van der Waals surface area contributed by atoms with Crippen molar-refractivity contribution < 1.29 is 4.79 Å². The number of hydrogen-bond acceptors (Lipinski definition) is 2. The topological polar surface area (TPSA) is 29.1 Å². The number of carbonyl (C=O) groups excluding carboxylic acids is 1. The average molecular weight is 171 g/mol. The molecule has 0 aromatic rings. The molecule has 0 bridgehead atoms.